The highest BCUT2D eigenvalue weighted by atomic mass is 16.4. The minimum absolute atomic E-state index is 0.600. The molecule has 0 spiro atoms. The van der Waals surface area contributed by atoms with Crippen LogP contribution in [-0.4, -0.2) is 14.8 Å². The number of rotatable bonds is 6. The summed E-state index contributed by atoms with van der Waals surface area (Å²) >= 11 is 0. The van der Waals surface area contributed by atoms with E-state index in [0.29, 0.717) is 5.89 Å². The van der Waals surface area contributed by atoms with Gasteiger partial charge in [0.2, 0.25) is 5.89 Å². The molecular weight excluding hydrogens is 334 g/mol. The molecule has 27 heavy (non-hydrogen) atoms. The number of aromatic nitrogens is 3. The monoisotopic (exact) mass is 359 g/mol. The van der Waals surface area contributed by atoms with E-state index in [2.05, 4.69) is 84.1 Å². The summed E-state index contributed by atoms with van der Waals surface area (Å²) in [5.74, 6) is 1.32. The molecule has 0 aliphatic carbocycles. The van der Waals surface area contributed by atoms with Gasteiger partial charge in [-0.2, -0.15) is 0 Å². The van der Waals surface area contributed by atoms with Gasteiger partial charge in [0.15, 0.2) is 0 Å². The number of fused-ring (bicyclic) bond motifs is 1. The van der Waals surface area contributed by atoms with Crippen LogP contribution in [0, 0.1) is 13.8 Å². The molecule has 0 unspecified atom stereocenters. The zero-order valence-corrected chi connectivity index (χ0v) is 16.2. The van der Waals surface area contributed by atoms with E-state index >= 15 is 0 Å². The van der Waals surface area contributed by atoms with Crippen LogP contribution >= 0.6 is 0 Å². The molecule has 2 aromatic heterocycles. The number of hydrogen-bond acceptors (Lipinski definition) is 3. The average Bonchev–Trinajstić information content (AvgIpc) is 3.28. The second-order valence-corrected chi connectivity index (χ2v) is 7.21. The maximum absolute atomic E-state index is 5.99. The quantitative estimate of drug-likeness (QED) is 0.443. The summed E-state index contributed by atoms with van der Waals surface area (Å²) in [6.07, 6.45) is 3.01. The van der Waals surface area contributed by atoms with Crippen molar-refractivity contribution in [2.75, 3.05) is 0 Å². The minimum atomic E-state index is 0.600. The highest BCUT2D eigenvalue weighted by molar-refractivity contribution is 5.85. The first kappa shape index (κ1) is 17.5. The van der Waals surface area contributed by atoms with Crippen molar-refractivity contribution in [2.45, 2.75) is 46.6 Å². The first-order chi connectivity index (χ1) is 13.2. The topological polar surface area (TPSA) is 43.9 Å². The molecular formula is C23H25N3O. The predicted molar refractivity (Wildman–Crippen MR) is 109 cm³/mol. The minimum Gasteiger partial charge on any atom is -0.419 e. The van der Waals surface area contributed by atoms with Gasteiger partial charge in [-0.15, -0.1) is 10.2 Å². The third-order valence-corrected chi connectivity index (χ3v) is 5.07. The van der Waals surface area contributed by atoms with E-state index in [1.54, 1.807) is 0 Å². The molecule has 0 radical (unpaired) electrons. The van der Waals surface area contributed by atoms with E-state index < -0.39 is 0 Å². The summed E-state index contributed by atoms with van der Waals surface area (Å²) in [4.78, 5) is 0. The van der Waals surface area contributed by atoms with Gasteiger partial charge in [0.25, 0.3) is 5.89 Å². The second kappa shape index (κ2) is 7.39. The Morgan fingerprint density at radius 3 is 2.70 bits per heavy atom. The van der Waals surface area contributed by atoms with E-state index in [-0.39, 0.29) is 0 Å². The maximum atomic E-state index is 5.99. The van der Waals surface area contributed by atoms with Gasteiger partial charge >= 0.3 is 0 Å². The molecule has 138 valence electrons. The Labute approximate surface area is 159 Å². The normalized spacial score (nSPS) is 11.4. The summed E-state index contributed by atoms with van der Waals surface area (Å²) < 4.78 is 8.28. The summed E-state index contributed by atoms with van der Waals surface area (Å²) in [7, 11) is 0. The Hall–Kier alpha value is -2.88. The zero-order chi connectivity index (χ0) is 18.8. The number of hydrogen-bond donors (Lipinski definition) is 0. The highest BCUT2D eigenvalue weighted by Crippen LogP contribution is 2.29. The van der Waals surface area contributed by atoms with Crippen molar-refractivity contribution in [1.29, 1.82) is 0 Å². The Balaban J connectivity index is 1.80. The third-order valence-electron chi connectivity index (χ3n) is 5.07. The lowest BCUT2D eigenvalue weighted by Crippen LogP contribution is -2.04. The molecule has 0 saturated heterocycles. The smallest absolute Gasteiger partial charge is 0.264 e. The molecule has 0 amide bonds. The summed E-state index contributed by atoms with van der Waals surface area (Å²) in [5, 5.41) is 9.78. The van der Waals surface area contributed by atoms with Crippen molar-refractivity contribution in [3.8, 4) is 11.6 Å². The molecule has 0 aliphatic heterocycles. The van der Waals surface area contributed by atoms with Crippen molar-refractivity contribution < 1.29 is 4.42 Å². The number of aryl methyl sites for hydroxylation is 3. The first-order valence-electron chi connectivity index (χ1n) is 9.63. The average molecular weight is 359 g/mol. The summed E-state index contributed by atoms with van der Waals surface area (Å²) in [6.45, 7) is 7.24. The van der Waals surface area contributed by atoms with Crippen LogP contribution in [0.3, 0.4) is 0 Å². The van der Waals surface area contributed by atoms with Gasteiger partial charge in [-0.1, -0.05) is 55.3 Å². The molecule has 2 aromatic carbocycles. The summed E-state index contributed by atoms with van der Waals surface area (Å²) in [6, 6.07) is 17.2. The van der Waals surface area contributed by atoms with Crippen LogP contribution in [0.25, 0.3) is 22.5 Å². The molecule has 0 saturated carbocycles. The Bertz CT molecular complexity index is 1070. The standard InChI is InChI=1S/C23H25N3O/c1-4-5-10-22-24-25-23(27-22)21-14-18-8-6-7-9-20(18)26(21)15-19-13-16(2)11-12-17(19)3/h6-9,11-14H,4-5,10,15H2,1-3H3. The van der Waals surface area contributed by atoms with Crippen LogP contribution in [0.4, 0.5) is 0 Å². The fraction of sp³-hybridized carbons (Fsp3) is 0.304. The van der Waals surface area contributed by atoms with Crippen LogP contribution in [0.5, 0.6) is 0 Å². The summed E-state index contributed by atoms with van der Waals surface area (Å²) in [5.41, 5.74) is 6.03. The van der Waals surface area contributed by atoms with Crippen molar-refractivity contribution >= 4 is 10.9 Å². The van der Waals surface area contributed by atoms with Gasteiger partial charge in [-0.25, -0.2) is 0 Å². The molecule has 4 rings (SSSR count). The van der Waals surface area contributed by atoms with Crippen LogP contribution in [-0.2, 0) is 13.0 Å². The lowest BCUT2D eigenvalue weighted by atomic mass is 10.1. The molecule has 0 fully saturated rings. The van der Waals surface area contributed by atoms with E-state index in [1.165, 1.54) is 27.6 Å². The molecule has 0 atom stereocenters. The Morgan fingerprint density at radius 2 is 1.85 bits per heavy atom. The molecule has 0 aliphatic rings. The van der Waals surface area contributed by atoms with Crippen molar-refractivity contribution in [2.24, 2.45) is 0 Å². The molecule has 2 heterocycles. The number of unbranched alkanes of at least 4 members (excludes halogenated alkanes) is 1. The van der Waals surface area contributed by atoms with E-state index in [9.17, 15) is 0 Å². The van der Waals surface area contributed by atoms with Gasteiger partial charge < -0.3 is 8.98 Å². The molecule has 4 aromatic rings. The zero-order valence-electron chi connectivity index (χ0n) is 16.2. The van der Waals surface area contributed by atoms with Crippen LogP contribution < -0.4 is 0 Å². The fourth-order valence-corrected chi connectivity index (χ4v) is 3.48. The van der Waals surface area contributed by atoms with Gasteiger partial charge in [0.05, 0.1) is 0 Å². The van der Waals surface area contributed by atoms with Crippen molar-refractivity contribution in [3.63, 3.8) is 0 Å². The van der Waals surface area contributed by atoms with Crippen LogP contribution in [0.2, 0.25) is 0 Å². The van der Waals surface area contributed by atoms with Gasteiger partial charge in [-0.05, 0) is 43.5 Å². The maximum Gasteiger partial charge on any atom is 0.264 e. The van der Waals surface area contributed by atoms with Crippen molar-refractivity contribution in [1.82, 2.24) is 14.8 Å². The number of para-hydroxylation sites is 1. The van der Waals surface area contributed by atoms with E-state index in [0.717, 1.165) is 37.4 Å². The lowest BCUT2D eigenvalue weighted by Gasteiger charge is -2.12. The lowest BCUT2D eigenvalue weighted by molar-refractivity contribution is 0.492. The van der Waals surface area contributed by atoms with E-state index in [1.807, 2.05) is 0 Å². The van der Waals surface area contributed by atoms with Crippen LogP contribution in [0.1, 0.15) is 42.3 Å². The molecule has 0 N–H and O–H groups in total. The fourth-order valence-electron chi connectivity index (χ4n) is 3.48. The van der Waals surface area contributed by atoms with Gasteiger partial charge in [0.1, 0.15) is 5.69 Å². The Morgan fingerprint density at radius 1 is 1.00 bits per heavy atom. The molecule has 4 heteroatoms. The van der Waals surface area contributed by atoms with Crippen molar-refractivity contribution in [3.05, 3.63) is 71.1 Å². The Kier molecular flexibility index (Phi) is 4.80. The van der Waals surface area contributed by atoms with E-state index in [4.69, 9.17) is 4.42 Å². The number of benzene rings is 2. The predicted octanol–water partition coefficient (Wildman–Crippen LogP) is 5.70. The van der Waals surface area contributed by atoms with Crippen LogP contribution in [0.15, 0.2) is 52.9 Å². The molecule has 0 bridgehead atoms. The third kappa shape index (κ3) is 3.52. The first-order valence-corrected chi connectivity index (χ1v) is 9.63. The van der Waals surface area contributed by atoms with Gasteiger partial charge in [-0.3, -0.25) is 0 Å². The largest absolute Gasteiger partial charge is 0.419 e. The second-order valence-electron chi connectivity index (χ2n) is 7.21. The highest BCUT2D eigenvalue weighted by Gasteiger charge is 2.17. The SMILES string of the molecule is CCCCc1nnc(-c2cc3ccccc3n2Cc2cc(C)ccc2C)o1. The molecule has 4 nitrogen and oxygen atoms in total. The van der Waals surface area contributed by atoms with Gasteiger partial charge in [0, 0.05) is 23.9 Å². The number of nitrogens with zero attached hydrogens (tertiary/aromatic N) is 3.